The van der Waals surface area contributed by atoms with Gasteiger partial charge in [-0.2, -0.15) is 0 Å². The summed E-state index contributed by atoms with van der Waals surface area (Å²) < 4.78 is 11.6. The smallest absolute Gasteiger partial charge is 0.255 e. The van der Waals surface area contributed by atoms with Crippen LogP contribution in [0, 0.1) is 0 Å². The minimum atomic E-state index is -0.450. The van der Waals surface area contributed by atoms with E-state index in [0.717, 1.165) is 17.4 Å². The first-order chi connectivity index (χ1) is 11.8. The molecule has 1 amide bonds. The summed E-state index contributed by atoms with van der Waals surface area (Å²) in [5, 5.41) is 4.31. The highest BCUT2D eigenvalue weighted by Gasteiger charge is 2.39. The molecular weight excluding hydrogens is 306 g/mol. The largest absolute Gasteiger partial charge is 0.377 e. The Balaban J connectivity index is 1.56. The molecule has 6 heteroatoms. The van der Waals surface area contributed by atoms with Crippen LogP contribution in [-0.2, 0) is 9.47 Å². The van der Waals surface area contributed by atoms with Gasteiger partial charge in [-0.15, -0.1) is 0 Å². The molecular formula is C18H21N3O3. The summed E-state index contributed by atoms with van der Waals surface area (Å²) in [4.78, 5) is 19.2. The quantitative estimate of drug-likeness (QED) is 0.849. The van der Waals surface area contributed by atoms with Crippen molar-refractivity contribution in [2.24, 2.45) is 0 Å². The summed E-state index contributed by atoms with van der Waals surface area (Å²) in [6, 6.07) is 9.73. The van der Waals surface area contributed by atoms with E-state index in [4.69, 9.17) is 9.47 Å². The Morgan fingerprint density at radius 3 is 3.17 bits per heavy atom. The van der Waals surface area contributed by atoms with E-state index >= 15 is 0 Å². The average Bonchev–Trinajstić information content (AvgIpc) is 2.86. The van der Waals surface area contributed by atoms with E-state index in [1.54, 1.807) is 6.20 Å². The zero-order chi connectivity index (χ0) is 16.4. The molecule has 2 aromatic rings. The van der Waals surface area contributed by atoms with Crippen molar-refractivity contribution in [1.29, 1.82) is 0 Å². The van der Waals surface area contributed by atoms with Crippen molar-refractivity contribution < 1.29 is 14.3 Å². The third-order valence-corrected chi connectivity index (χ3v) is 4.61. The maximum Gasteiger partial charge on any atom is 0.255 e. The standard InChI is InChI=1S/C18H21N3O3/c22-17(15-9-14-3-1-2-4-16(14)20-10-15)21-6-8-24-18(12-21)11-19-5-7-23-13-18/h1-4,9-10,19H,5-8,11-13H2. The van der Waals surface area contributed by atoms with Crippen LogP contribution in [0.1, 0.15) is 10.4 Å². The van der Waals surface area contributed by atoms with Crippen LogP contribution in [0.25, 0.3) is 10.9 Å². The van der Waals surface area contributed by atoms with Gasteiger partial charge in [0.1, 0.15) is 5.60 Å². The molecule has 24 heavy (non-hydrogen) atoms. The lowest BCUT2D eigenvalue weighted by Gasteiger charge is -2.41. The number of hydrogen-bond acceptors (Lipinski definition) is 5. The molecule has 1 aromatic carbocycles. The molecule has 1 N–H and O–H groups in total. The van der Waals surface area contributed by atoms with Gasteiger partial charge in [0.2, 0.25) is 0 Å². The average molecular weight is 327 g/mol. The third-order valence-electron chi connectivity index (χ3n) is 4.61. The Labute approximate surface area is 140 Å². The number of amides is 1. The molecule has 0 saturated carbocycles. The lowest BCUT2D eigenvalue weighted by atomic mass is 10.0. The van der Waals surface area contributed by atoms with Gasteiger partial charge in [0.15, 0.2) is 0 Å². The van der Waals surface area contributed by atoms with Crippen LogP contribution in [0.2, 0.25) is 0 Å². The first-order valence-electron chi connectivity index (χ1n) is 8.32. The molecule has 2 saturated heterocycles. The highest BCUT2D eigenvalue weighted by molar-refractivity contribution is 5.97. The van der Waals surface area contributed by atoms with Crippen molar-refractivity contribution in [2.45, 2.75) is 5.60 Å². The van der Waals surface area contributed by atoms with E-state index in [-0.39, 0.29) is 5.91 Å². The Bertz CT molecular complexity index is 741. The first-order valence-corrected chi connectivity index (χ1v) is 8.32. The number of aromatic nitrogens is 1. The summed E-state index contributed by atoms with van der Waals surface area (Å²) in [6.45, 7) is 4.35. The van der Waals surface area contributed by atoms with Gasteiger partial charge in [0.05, 0.1) is 37.4 Å². The minimum absolute atomic E-state index is 0.000162. The van der Waals surface area contributed by atoms with Crippen LogP contribution in [0.3, 0.4) is 0 Å². The second-order valence-corrected chi connectivity index (χ2v) is 6.40. The van der Waals surface area contributed by atoms with Gasteiger partial charge in [-0.05, 0) is 12.1 Å². The Morgan fingerprint density at radius 2 is 2.21 bits per heavy atom. The molecule has 1 unspecified atom stereocenters. The summed E-state index contributed by atoms with van der Waals surface area (Å²) in [5.74, 6) is 0.000162. The maximum absolute atomic E-state index is 12.9. The number of morpholine rings is 1. The molecule has 1 atom stereocenters. The molecule has 0 aliphatic carbocycles. The van der Waals surface area contributed by atoms with Gasteiger partial charge in [-0.3, -0.25) is 9.78 Å². The second-order valence-electron chi connectivity index (χ2n) is 6.40. The number of carbonyl (C=O) groups excluding carboxylic acids is 1. The van der Waals surface area contributed by atoms with Gasteiger partial charge in [0, 0.05) is 31.2 Å². The van der Waals surface area contributed by atoms with Crippen LogP contribution in [0.15, 0.2) is 36.5 Å². The van der Waals surface area contributed by atoms with Crippen molar-refractivity contribution in [1.82, 2.24) is 15.2 Å². The molecule has 0 bridgehead atoms. The fourth-order valence-corrected chi connectivity index (χ4v) is 3.35. The normalized spacial score (nSPS) is 24.9. The molecule has 1 aromatic heterocycles. The van der Waals surface area contributed by atoms with Gasteiger partial charge in [-0.1, -0.05) is 18.2 Å². The predicted octanol–water partition coefficient (Wildman–Crippen LogP) is 1.07. The number of para-hydroxylation sites is 1. The fourth-order valence-electron chi connectivity index (χ4n) is 3.35. The number of hydrogen-bond donors (Lipinski definition) is 1. The maximum atomic E-state index is 12.9. The van der Waals surface area contributed by atoms with Gasteiger partial charge in [-0.25, -0.2) is 0 Å². The van der Waals surface area contributed by atoms with Gasteiger partial charge >= 0.3 is 0 Å². The lowest BCUT2D eigenvalue weighted by molar-refractivity contribution is -0.125. The Kier molecular flexibility index (Phi) is 4.18. The molecule has 1 spiro atoms. The van der Waals surface area contributed by atoms with Crippen LogP contribution >= 0.6 is 0 Å². The zero-order valence-electron chi connectivity index (χ0n) is 13.5. The number of pyridine rings is 1. The van der Waals surface area contributed by atoms with Crippen molar-refractivity contribution >= 4 is 16.8 Å². The molecule has 2 aliphatic heterocycles. The molecule has 2 fully saturated rings. The van der Waals surface area contributed by atoms with Gasteiger partial charge in [0.25, 0.3) is 5.91 Å². The molecule has 2 aliphatic rings. The fraction of sp³-hybridized carbons (Fsp3) is 0.444. The second kappa shape index (κ2) is 6.47. The van der Waals surface area contributed by atoms with E-state index in [2.05, 4.69) is 10.3 Å². The number of benzene rings is 1. The summed E-state index contributed by atoms with van der Waals surface area (Å²) in [5.41, 5.74) is 1.07. The zero-order valence-corrected chi connectivity index (χ0v) is 13.5. The molecule has 126 valence electrons. The summed E-state index contributed by atoms with van der Waals surface area (Å²) in [7, 11) is 0. The first kappa shape index (κ1) is 15.5. The van der Waals surface area contributed by atoms with Crippen LogP contribution < -0.4 is 5.32 Å². The molecule has 0 radical (unpaired) electrons. The Hall–Kier alpha value is -2.02. The van der Waals surface area contributed by atoms with Crippen molar-refractivity contribution in [3.05, 3.63) is 42.1 Å². The summed E-state index contributed by atoms with van der Waals surface area (Å²) >= 11 is 0. The number of ether oxygens (including phenoxy) is 2. The number of fused-ring (bicyclic) bond motifs is 1. The SMILES string of the molecule is O=C(c1cnc2ccccc2c1)N1CCOC2(CNCCOC2)C1. The number of nitrogens with one attached hydrogen (secondary N) is 1. The van der Waals surface area contributed by atoms with Crippen LogP contribution in [-0.4, -0.2) is 67.4 Å². The van der Waals surface area contributed by atoms with Gasteiger partial charge < -0.3 is 19.7 Å². The molecule has 6 nitrogen and oxygen atoms in total. The Morgan fingerprint density at radius 1 is 1.29 bits per heavy atom. The number of nitrogens with zero attached hydrogens (tertiary/aromatic N) is 2. The molecule has 3 heterocycles. The van der Waals surface area contributed by atoms with Crippen LogP contribution in [0.5, 0.6) is 0 Å². The summed E-state index contributed by atoms with van der Waals surface area (Å²) in [6.07, 6.45) is 1.66. The van der Waals surface area contributed by atoms with E-state index in [9.17, 15) is 4.79 Å². The lowest BCUT2D eigenvalue weighted by Crippen LogP contribution is -2.59. The molecule has 4 rings (SSSR count). The third kappa shape index (κ3) is 3.00. The highest BCUT2D eigenvalue weighted by atomic mass is 16.5. The van der Waals surface area contributed by atoms with Crippen LogP contribution in [0.4, 0.5) is 0 Å². The van der Waals surface area contributed by atoms with E-state index in [1.165, 1.54) is 0 Å². The predicted molar refractivity (Wildman–Crippen MR) is 90.0 cm³/mol. The van der Waals surface area contributed by atoms with Crippen molar-refractivity contribution in [2.75, 3.05) is 46.0 Å². The number of rotatable bonds is 1. The van der Waals surface area contributed by atoms with E-state index in [1.807, 2.05) is 35.2 Å². The van der Waals surface area contributed by atoms with Crippen molar-refractivity contribution in [3.63, 3.8) is 0 Å². The monoisotopic (exact) mass is 327 g/mol. The van der Waals surface area contributed by atoms with E-state index < -0.39 is 5.60 Å². The number of carbonyl (C=O) groups is 1. The van der Waals surface area contributed by atoms with E-state index in [0.29, 0.717) is 45.0 Å². The van der Waals surface area contributed by atoms with Crippen molar-refractivity contribution in [3.8, 4) is 0 Å². The topological polar surface area (TPSA) is 63.7 Å². The minimum Gasteiger partial charge on any atom is -0.377 e. The highest BCUT2D eigenvalue weighted by Crippen LogP contribution is 2.22.